The normalized spacial score (nSPS) is 20.3. The summed E-state index contributed by atoms with van der Waals surface area (Å²) in [5.74, 6) is 0.612. The van der Waals surface area contributed by atoms with Gasteiger partial charge in [0.25, 0.3) is 0 Å². The number of hydrogen-bond donors (Lipinski definition) is 2. The molecule has 5 heteroatoms. The summed E-state index contributed by atoms with van der Waals surface area (Å²) in [7, 11) is 1.48. The van der Waals surface area contributed by atoms with Gasteiger partial charge in [0.05, 0.1) is 0 Å². The molecule has 0 radical (unpaired) electrons. The highest BCUT2D eigenvalue weighted by Crippen LogP contribution is 2.37. The highest BCUT2D eigenvalue weighted by Gasteiger charge is 2.38. The van der Waals surface area contributed by atoms with E-state index in [2.05, 4.69) is 17.6 Å². The van der Waals surface area contributed by atoms with E-state index in [9.17, 15) is 9.59 Å². The maximum absolute atomic E-state index is 11.7. The van der Waals surface area contributed by atoms with E-state index in [1.807, 2.05) is 24.3 Å². The van der Waals surface area contributed by atoms with Crippen LogP contribution >= 0.6 is 0 Å². The molecule has 1 aromatic carbocycles. The minimum absolute atomic E-state index is 0.0283. The van der Waals surface area contributed by atoms with E-state index < -0.39 is 0 Å². The van der Waals surface area contributed by atoms with E-state index in [-0.39, 0.29) is 24.3 Å². The monoisotopic (exact) mass is 276 g/mol. The van der Waals surface area contributed by atoms with Crippen LogP contribution in [0, 0.1) is 11.8 Å². The second-order valence-corrected chi connectivity index (χ2v) is 5.22. The zero-order chi connectivity index (χ0) is 14.5. The van der Waals surface area contributed by atoms with Crippen molar-refractivity contribution in [3.05, 3.63) is 29.8 Å². The molecule has 2 N–H and O–H groups in total. The van der Waals surface area contributed by atoms with Gasteiger partial charge >= 0.3 is 0 Å². The van der Waals surface area contributed by atoms with Crippen LogP contribution in [0.15, 0.2) is 24.3 Å². The van der Waals surface area contributed by atoms with Crippen molar-refractivity contribution in [1.82, 2.24) is 5.32 Å². The molecular formula is C15H20N2O3. The summed E-state index contributed by atoms with van der Waals surface area (Å²) in [5.41, 5.74) is 1.67. The van der Waals surface area contributed by atoms with Crippen LogP contribution in [0.1, 0.15) is 18.9 Å². The van der Waals surface area contributed by atoms with E-state index in [4.69, 9.17) is 4.74 Å². The van der Waals surface area contributed by atoms with Crippen LogP contribution in [0.2, 0.25) is 0 Å². The smallest absolute Gasteiger partial charge is 0.250 e. The highest BCUT2D eigenvalue weighted by molar-refractivity contribution is 5.91. The van der Waals surface area contributed by atoms with Crippen molar-refractivity contribution >= 4 is 17.5 Å². The number of nitrogens with one attached hydrogen (secondary N) is 2. The van der Waals surface area contributed by atoms with Gasteiger partial charge in [-0.15, -0.1) is 0 Å². The van der Waals surface area contributed by atoms with Gasteiger partial charge in [0.15, 0.2) is 0 Å². The molecule has 2 amide bonds. The molecule has 0 saturated heterocycles. The average molecular weight is 276 g/mol. The summed E-state index contributed by atoms with van der Waals surface area (Å²) in [6, 6.07) is 7.43. The molecule has 0 heterocycles. The first kappa shape index (κ1) is 14.5. The molecule has 1 aliphatic carbocycles. The lowest BCUT2D eigenvalue weighted by Gasteiger charge is -2.08. The van der Waals surface area contributed by atoms with E-state index >= 15 is 0 Å². The van der Waals surface area contributed by atoms with Gasteiger partial charge in [-0.2, -0.15) is 0 Å². The number of carbonyl (C=O) groups excluding carboxylic acids is 2. The number of rotatable bonds is 6. The molecular weight excluding hydrogens is 256 g/mol. The maximum Gasteiger partial charge on any atom is 0.250 e. The SMILES string of the molecule is COCC(=O)Nc1cccc(CNC(=O)C2CC2C)c1. The number of benzene rings is 1. The van der Waals surface area contributed by atoms with Gasteiger partial charge in [-0.1, -0.05) is 19.1 Å². The third-order valence-electron chi connectivity index (χ3n) is 3.40. The van der Waals surface area contributed by atoms with Crippen molar-refractivity contribution in [1.29, 1.82) is 0 Å². The molecule has 0 aliphatic heterocycles. The zero-order valence-electron chi connectivity index (χ0n) is 11.8. The lowest BCUT2D eigenvalue weighted by Crippen LogP contribution is -2.25. The Bertz CT molecular complexity index is 502. The number of hydrogen-bond acceptors (Lipinski definition) is 3. The summed E-state index contributed by atoms with van der Waals surface area (Å²) in [6.45, 7) is 2.59. The minimum Gasteiger partial charge on any atom is -0.375 e. The average Bonchev–Trinajstić information content (AvgIpc) is 3.14. The third-order valence-corrected chi connectivity index (χ3v) is 3.40. The van der Waals surface area contributed by atoms with E-state index in [0.717, 1.165) is 12.0 Å². The van der Waals surface area contributed by atoms with Crippen molar-refractivity contribution in [3.8, 4) is 0 Å². The van der Waals surface area contributed by atoms with Crippen molar-refractivity contribution in [2.24, 2.45) is 11.8 Å². The standard InChI is InChI=1S/C15H20N2O3/c1-10-6-13(10)15(19)16-8-11-4-3-5-12(7-11)17-14(18)9-20-2/h3-5,7,10,13H,6,8-9H2,1-2H3,(H,16,19)(H,17,18). The lowest BCUT2D eigenvalue weighted by molar-refractivity contribution is -0.122. The van der Waals surface area contributed by atoms with Crippen LogP contribution < -0.4 is 10.6 Å². The van der Waals surface area contributed by atoms with Gasteiger partial charge < -0.3 is 15.4 Å². The number of methoxy groups -OCH3 is 1. The Labute approximate surface area is 118 Å². The van der Waals surface area contributed by atoms with E-state index in [1.54, 1.807) is 0 Å². The van der Waals surface area contributed by atoms with E-state index in [0.29, 0.717) is 18.2 Å². The number of ether oxygens (including phenoxy) is 1. The Morgan fingerprint density at radius 1 is 1.40 bits per heavy atom. The Morgan fingerprint density at radius 3 is 2.80 bits per heavy atom. The van der Waals surface area contributed by atoms with Gasteiger partial charge in [-0.05, 0) is 30.0 Å². The summed E-state index contributed by atoms with van der Waals surface area (Å²) < 4.78 is 4.76. The second kappa shape index (κ2) is 6.52. The molecule has 0 spiro atoms. The molecule has 1 fully saturated rings. The zero-order valence-corrected chi connectivity index (χ0v) is 11.8. The molecule has 2 unspecified atom stereocenters. The van der Waals surface area contributed by atoms with Gasteiger partial charge in [0.1, 0.15) is 6.61 Å². The van der Waals surface area contributed by atoms with Crippen LogP contribution in [0.3, 0.4) is 0 Å². The fraction of sp³-hybridized carbons (Fsp3) is 0.467. The summed E-state index contributed by atoms with van der Waals surface area (Å²) in [4.78, 5) is 23.2. The Morgan fingerprint density at radius 2 is 2.15 bits per heavy atom. The molecule has 0 aromatic heterocycles. The summed E-state index contributed by atoms with van der Waals surface area (Å²) in [5, 5.41) is 5.66. The number of carbonyl (C=O) groups is 2. The predicted octanol–water partition coefficient (Wildman–Crippen LogP) is 1.54. The van der Waals surface area contributed by atoms with E-state index in [1.165, 1.54) is 7.11 Å². The first-order valence-corrected chi connectivity index (χ1v) is 6.75. The lowest BCUT2D eigenvalue weighted by atomic mass is 10.2. The molecule has 5 nitrogen and oxygen atoms in total. The maximum atomic E-state index is 11.7. The van der Waals surface area contributed by atoms with Crippen molar-refractivity contribution in [2.75, 3.05) is 19.0 Å². The topological polar surface area (TPSA) is 67.4 Å². The Hall–Kier alpha value is -1.88. The molecule has 2 atom stereocenters. The van der Waals surface area contributed by atoms with Crippen molar-refractivity contribution in [3.63, 3.8) is 0 Å². The molecule has 2 rings (SSSR count). The van der Waals surface area contributed by atoms with Crippen LogP contribution in [-0.2, 0) is 20.9 Å². The number of amides is 2. The first-order valence-electron chi connectivity index (χ1n) is 6.75. The van der Waals surface area contributed by atoms with Crippen LogP contribution in [0.4, 0.5) is 5.69 Å². The fourth-order valence-electron chi connectivity index (χ4n) is 2.09. The third kappa shape index (κ3) is 4.06. The van der Waals surface area contributed by atoms with Crippen LogP contribution in [0.5, 0.6) is 0 Å². The van der Waals surface area contributed by atoms with Crippen molar-refractivity contribution in [2.45, 2.75) is 19.9 Å². The number of anilines is 1. The minimum atomic E-state index is -0.194. The summed E-state index contributed by atoms with van der Waals surface area (Å²) in [6.07, 6.45) is 0.985. The largest absolute Gasteiger partial charge is 0.375 e. The van der Waals surface area contributed by atoms with Gasteiger partial charge in [0.2, 0.25) is 11.8 Å². The summed E-state index contributed by atoms with van der Waals surface area (Å²) >= 11 is 0. The molecule has 1 aliphatic rings. The molecule has 1 aromatic rings. The van der Waals surface area contributed by atoms with Crippen molar-refractivity contribution < 1.29 is 14.3 Å². The van der Waals surface area contributed by atoms with Gasteiger partial charge in [-0.25, -0.2) is 0 Å². The Kier molecular flexibility index (Phi) is 4.74. The predicted molar refractivity (Wildman–Crippen MR) is 76.1 cm³/mol. The Balaban J connectivity index is 1.85. The molecule has 20 heavy (non-hydrogen) atoms. The van der Waals surface area contributed by atoms with Gasteiger partial charge in [0, 0.05) is 25.3 Å². The second-order valence-electron chi connectivity index (χ2n) is 5.22. The fourth-order valence-corrected chi connectivity index (χ4v) is 2.09. The highest BCUT2D eigenvalue weighted by atomic mass is 16.5. The molecule has 108 valence electrons. The molecule has 0 bridgehead atoms. The quantitative estimate of drug-likeness (QED) is 0.828. The van der Waals surface area contributed by atoms with Crippen LogP contribution in [-0.4, -0.2) is 25.5 Å². The first-order chi connectivity index (χ1) is 9.60. The van der Waals surface area contributed by atoms with Crippen LogP contribution in [0.25, 0.3) is 0 Å². The molecule has 1 saturated carbocycles. The van der Waals surface area contributed by atoms with Gasteiger partial charge in [-0.3, -0.25) is 9.59 Å².